The van der Waals surface area contributed by atoms with Crippen molar-refractivity contribution < 1.29 is 5.11 Å². The van der Waals surface area contributed by atoms with Crippen molar-refractivity contribution in [3.8, 4) is 5.75 Å². The molecule has 2 aromatic carbocycles. The second kappa shape index (κ2) is 5.72. The second-order valence-electron chi connectivity index (χ2n) is 5.95. The van der Waals surface area contributed by atoms with Crippen molar-refractivity contribution in [3.05, 3.63) is 57.1 Å². The number of anilines is 1. The number of aryl methyl sites for hydroxylation is 3. The summed E-state index contributed by atoms with van der Waals surface area (Å²) < 4.78 is 1.16. The molecule has 1 aliphatic carbocycles. The van der Waals surface area contributed by atoms with Crippen LogP contribution in [0, 0.1) is 13.8 Å². The van der Waals surface area contributed by atoms with E-state index in [-0.39, 0.29) is 0 Å². The number of phenolic OH excluding ortho intramolecular Hbond substituents is 1. The molecule has 110 valence electrons. The summed E-state index contributed by atoms with van der Waals surface area (Å²) in [7, 11) is 0. The zero-order valence-corrected chi connectivity index (χ0v) is 14.0. The quantitative estimate of drug-likeness (QED) is 0.770. The molecule has 2 N–H and O–H groups in total. The maximum absolute atomic E-state index is 9.75. The number of hydrogen-bond acceptors (Lipinski definition) is 2. The second-order valence-corrected chi connectivity index (χ2v) is 6.87. The van der Waals surface area contributed by atoms with Crippen LogP contribution >= 0.6 is 15.9 Å². The highest BCUT2D eigenvalue weighted by molar-refractivity contribution is 9.10. The first-order valence-electron chi connectivity index (χ1n) is 7.37. The minimum absolute atomic E-state index is 0.372. The van der Waals surface area contributed by atoms with E-state index in [1.807, 2.05) is 26.0 Å². The van der Waals surface area contributed by atoms with E-state index in [0.717, 1.165) is 40.5 Å². The number of aromatic hydroxyl groups is 1. The fourth-order valence-corrected chi connectivity index (χ4v) is 3.43. The lowest BCUT2D eigenvalue weighted by atomic mass is 9.88. The molecule has 2 aromatic rings. The van der Waals surface area contributed by atoms with E-state index in [1.165, 1.54) is 11.1 Å². The van der Waals surface area contributed by atoms with Crippen LogP contribution in [0.5, 0.6) is 5.75 Å². The van der Waals surface area contributed by atoms with Gasteiger partial charge in [-0.05, 0) is 79.6 Å². The molecule has 3 rings (SSSR count). The SMILES string of the molecule is Cc1cc(NC2CCc3cc(Br)ccc3C2)c(C)cc1O. The fraction of sp³-hybridized carbons (Fsp3) is 0.333. The molecule has 0 fully saturated rings. The van der Waals surface area contributed by atoms with Gasteiger partial charge in [-0.15, -0.1) is 0 Å². The molecule has 0 saturated heterocycles. The lowest BCUT2D eigenvalue weighted by Crippen LogP contribution is -2.27. The first-order chi connectivity index (χ1) is 10.0. The zero-order chi connectivity index (χ0) is 15.0. The van der Waals surface area contributed by atoms with Crippen molar-refractivity contribution in [2.75, 3.05) is 5.32 Å². The van der Waals surface area contributed by atoms with Crippen LogP contribution in [0.3, 0.4) is 0 Å². The van der Waals surface area contributed by atoms with Gasteiger partial charge in [0, 0.05) is 16.2 Å². The molecule has 0 amide bonds. The maximum atomic E-state index is 9.75. The Kier molecular flexibility index (Phi) is 3.94. The third-order valence-electron chi connectivity index (χ3n) is 4.30. The van der Waals surface area contributed by atoms with Crippen LogP contribution in [-0.2, 0) is 12.8 Å². The average molecular weight is 346 g/mol. The van der Waals surface area contributed by atoms with Crippen molar-refractivity contribution in [3.63, 3.8) is 0 Å². The highest BCUT2D eigenvalue weighted by atomic mass is 79.9. The number of fused-ring (bicyclic) bond motifs is 1. The maximum Gasteiger partial charge on any atom is 0.118 e. The summed E-state index contributed by atoms with van der Waals surface area (Å²) in [4.78, 5) is 0. The van der Waals surface area contributed by atoms with Crippen molar-refractivity contribution in [1.82, 2.24) is 0 Å². The lowest BCUT2D eigenvalue weighted by Gasteiger charge is -2.27. The molecule has 2 nitrogen and oxygen atoms in total. The van der Waals surface area contributed by atoms with Gasteiger partial charge in [0.25, 0.3) is 0 Å². The molecule has 0 heterocycles. The molecular weight excluding hydrogens is 326 g/mol. The predicted molar refractivity (Wildman–Crippen MR) is 91.2 cm³/mol. The van der Waals surface area contributed by atoms with E-state index in [2.05, 4.69) is 39.4 Å². The number of hydrogen-bond donors (Lipinski definition) is 2. The minimum Gasteiger partial charge on any atom is -0.508 e. The normalized spacial score (nSPS) is 17.4. The van der Waals surface area contributed by atoms with Crippen molar-refractivity contribution in [2.24, 2.45) is 0 Å². The number of nitrogens with one attached hydrogen (secondary N) is 1. The molecule has 0 bridgehead atoms. The Labute approximate surface area is 134 Å². The molecule has 3 heteroatoms. The summed E-state index contributed by atoms with van der Waals surface area (Å²) in [6.45, 7) is 3.98. The van der Waals surface area contributed by atoms with E-state index in [0.29, 0.717) is 11.8 Å². The van der Waals surface area contributed by atoms with Crippen LogP contribution in [0.25, 0.3) is 0 Å². The summed E-state index contributed by atoms with van der Waals surface area (Å²) >= 11 is 3.54. The van der Waals surface area contributed by atoms with Gasteiger partial charge in [-0.3, -0.25) is 0 Å². The largest absolute Gasteiger partial charge is 0.508 e. The lowest BCUT2D eigenvalue weighted by molar-refractivity contribution is 0.470. The first-order valence-corrected chi connectivity index (χ1v) is 8.16. The molecule has 21 heavy (non-hydrogen) atoms. The van der Waals surface area contributed by atoms with Gasteiger partial charge in [-0.2, -0.15) is 0 Å². The highest BCUT2D eigenvalue weighted by Crippen LogP contribution is 2.29. The Morgan fingerprint density at radius 2 is 1.90 bits per heavy atom. The Morgan fingerprint density at radius 1 is 1.10 bits per heavy atom. The van der Waals surface area contributed by atoms with Crippen LogP contribution < -0.4 is 5.32 Å². The molecule has 0 radical (unpaired) electrons. The van der Waals surface area contributed by atoms with Crippen LogP contribution in [0.2, 0.25) is 0 Å². The number of halogens is 1. The Hall–Kier alpha value is -1.48. The van der Waals surface area contributed by atoms with Gasteiger partial charge in [0.1, 0.15) is 5.75 Å². The van der Waals surface area contributed by atoms with E-state index in [4.69, 9.17) is 0 Å². The third kappa shape index (κ3) is 3.08. The van der Waals surface area contributed by atoms with Gasteiger partial charge < -0.3 is 10.4 Å². The molecule has 0 aliphatic heterocycles. The molecular formula is C18H20BrNO. The molecule has 1 aliphatic rings. The van der Waals surface area contributed by atoms with Crippen LogP contribution in [0.15, 0.2) is 34.8 Å². The van der Waals surface area contributed by atoms with Gasteiger partial charge in [0.15, 0.2) is 0 Å². The van der Waals surface area contributed by atoms with E-state index in [9.17, 15) is 5.11 Å². The zero-order valence-electron chi connectivity index (χ0n) is 12.4. The predicted octanol–water partition coefficient (Wildman–Crippen LogP) is 4.74. The van der Waals surface area contributed by atoms with E-state index < -0.39 is 0 Å². The summed E-state index contributed by atoms with van der Waals surface area (Å²) in [5, 5.41) is 13.4. The standard InChI is InChI=1S/C18H20BrNO/c1-11-8-18(21)12(2)7-17(11)20-16-6-4-13-9-15(19)5-3-14(13)10-16/h3,5,7-9,16,20-21H,4,6,10H2,1-2H3. The van der Waals surface area contributed by atoms with Crippen LogP contribution in [0.4, 0.5) is 5.69 Å². The number of phenols is 1. The van der Waals surface area contributed by atoms with Crippen molar-refractivity contribution in [1.29, 1.82) is 0 Å². The average Bonchev–Trinajstić information content (AvgIpc) is 2.45. The molecule has 0 spiro atoms. The van der Waals surface area contributed by atoms with Gasteiger partial charge >= 0.3 is 0 Å². The summed E-state index contributed by atoms with van der Waals surface area (Å²) in [6.07, 6.45) is 3.31. The smallest absolute Gasteiger partial charge is 0.118 e. The highest BCUT2D eigenvalue weighted by Gasteiger charge is 2.19. The Bertz CT molecular complexity index is 681. The third-order valence-corrected chi connectivity index (χ3v) is 4.79. The Balaban J connectivity index is 1.78. The summed E-state index contributed by atoms with van der Waals surface area (Å²) in [5.74, 6) is 0.372. The van der Waals surface area contributed by atoms with Gasteiger partial charge in [-0.1, -0.05) is 22.0 Å². The van der Waals surface area contributed by atoms with E-state index in [1.54, 1.807) is 0 Å². The van der Waals surface area contributed by atoms with Gasteiger partial charge in [-0.25, -0.2) is 0 Å². The van der Waals surface area contributed by atoms with Gasteiger partial charge in [0.05, 0.1) is 0 Å². The van der Waals surface area contributed by atoms with Crippen LogP contribution in [-0.4, -0.2) is 11.1 Å². The molecule has 1 atom stereocenters. The number of benzene rings is 2. The van der Waals surface area contributed by atoms with Gasteiger partial charge in [0.2, 0.25) is 0 Å². The van der Waals surface area contributed by atoms with E-state index >= 15 is 0 Å². The van der Waals surface area contributed by atoms with Crippen molar-refractivity contribution >= 4 is 21.6 Å². The summed E-state index contributed by atoms with van der Waals surface area (Å²) in [5.41, 5.74) is 6.05. The fourth-order valence-electron chi connectivity index (χ4n) is 3.02. The molecule has 1 unspecified atom stereocenters. The number of rotatable bonds is 2. The topological polar surface area (TPSA) is 32.3 Å². The first kappa shape index (κ1) is 14.5. The van der Waals surface area contributed by atoms with Crippen molar-refractivity contribution in [2.45, 2.75) is 39.2 Å². The van der Waals surface area contributed by atoms with Crippen LogP contribution in [0.1, 0.15) is 28.7 Å². The molecule has 0 aromatic heterocycles. The minimum atomic E-state index is 0.372. The summed E-state index contributed by atoms with van der Waals surface area (Å²) in [6, 6.07) is 10.9. The Morgan fingerprint density at radius 3 is 2.71 bits per heavy atom. The molecule has 0 saturated carbocycles. The monoisotopic (exact) mass is 345 g/mol.